The summed E-state index contributed by atoms with van der Waals surface area (Å²) in [4.78, 5) is 0.133. The molecule has 4 N–H and O–H groups in total. The quantitative estimate of drug-likeness (QED) is 0.423. The molecule has 3 rings (SSSR count). The highest BCUT2D eigenvalue weighted by Crippen LogP contribution is 2.10. The molecule has 25 heavy (non-hydrogen) atoms. The maximum Gasteiger partial charge on any atom is 0.238 e. The molecular weight excluding hydrogens is 348 g/mol. The van der Waals surface area contributed by atoms with Crippen molar-refractivity contribution in [3.63, 3.8) is 0 Å². The number of benzene rings is 1. The highest BCUT2D eigenvalue weighted by atomic mass is 32.2. The molecule has 0 bridgehead atoms. The fourth-order valence-corrected chi connectivity index (χ4v) is 2.40. The number of nitrogens with two attached hydrogens (primary N) is 2. The first-order valence-corrected chi connectivity index (χ1v) is 9.74. The van der Waals surface area contributed by atoms with Crippen molar-refractivity contribution in [3.05, 3.63) is 29.8 Å². The molecule has 1 aromatic rings. The van der Waals surface area contributed by atoms with E-state index in [2.05, 4.69) is 0 Å². The molecule has 2 aliphatic rings. The number of hydrogen-bond acceptors (Lipinski definition) is 7. The van der Waals surface area contributed by atoms with E-state index in [4.69, 9.17) is 29.8 Å². The topological polar surface area (TPSA) is 130 Å². The van der Waals surface area contributed by atoms with Crippen LogP contribution in [0.4, 0.5) is 0 Å². The van der Waals surface area contributed by atoms with Crippen molar-refractivity contribution in [2.75, 3.05) is 46.2 Å². The van der Waals surface area contributed by atoms with Gasteiger partial charge in [-0.2, -0.15) is 0 Å². The minimum Gasteiger partial charge on any atom is -0.376 e. The van der Waals surface area contributed by atoms with E-state index in [1.54, 1.807) is 12.1 Å². The van der Waals surface area contributed by atoms with Crippen LogP contribution < -0.4 is 10.9 Å². The molecule has 0 amide bonds. The summed E-state index contributed by atoms with van der Waals surface area (Å²) in [5.74, 6) is 0. The van der Waals surface area contributed by atoms with E-state index in [1.165, 1.54) is 12.1 Å². The van der Waals surface area contributed by atoms with Crippen LogP contribution in [0, 0.1) is 0 Å². The molecule has 142 valence electrons. The fourth-order valence-electron chi connectivity index (χ4n) is 1.89. The number of rotatable bonds is 10. The van der Waals surface area contributed by atoms with Crippen LogP contribution in [0.1, 0.15) is 5.56 Å². The fraction of sp³-hybridized carbons (Fsp3) is 0.625. The maximum absolute atomic E-state index is 10.9. The lowest BCUT2D eigenvalue weighted by molar-refractivity contribution is 0.0366. The second-order valence-electron chi connectivity index (χ2n) is 5.79. The average molecular weight is 374 g/mol. The van der Waals surface area contributed by atoms with Crippen LogP contribution in [0.2, 0.25) is 0 Å². The molecule has 2 heterocycles. The lowest BCUT2D eigenvalue weighted by Crippen LogP contribution is -2.12. The van der Waals surface area contributed by atoms with Crippen molar-refractivity contribution in [1.29, 1.82) is 0 Å². The van der Waals surface area contributed by atoms with Gasteiger partial charge < -0.3 is 24.7 Å². The van der Waals surface area contributed by atoms with Gasteiger partial charge in [0, 0.05) is 0 Å². The van der Waals surface area contributed by atoms with Gasteiger partial charge in [0.1, 0.15) is 12.2 Å². The molecule has 1 aromatic carbocycles. The van der Waals surface area contributed by atoms with Crippen LogP contribution in [0.25, 0.3) is 0 Å². The Morgan fingerprint density at radius 2 is 1.48 bits per heavy atom. The molecule has 0 spiro atoms. The third-order valence-corrected chi connectivity index (χ3v) is 4.40. The van der Waals surface area contributed by atoms with Gasteiger partial charge in [-0.1, -0.05) is 12.1 Å². The minimum absolute atomic E-state index is 0.133. The normalized spacial score (nSPS) is 21.4. The van der Waals surface area contributed by atoms with Crippen molar-refractivity contribution in [2.24, 2.45) is 10.9 Å². The molecule has 2 atom stereocenters. The van der Waals surface area contributed by atoms with Crippen molar-refractivity contribution >= 4 is 10.0 Å². The molecule has 0 radical (unpaired) electrons. The Morgan fingerprint density at radius 1 is 1.00 bits per heavy atom. The first-order chi connectivity index (χ1) is 12.0. The lowest BCUT2D eigenvalue weighted by atomic mass is 10.2. The number of primary sulfonamides is 1. The second kappa shape index (κ2) is 10.2. The van der Waals surface area contributed by atoms with Gasteiger partial charge in [0.05, 0.1) is 44.5 Å². The third-order valence-electron chi connectivity index (χ3n) is 3.47. The predicted molar refractivity (Wildman–Crippen MR) is 91.7 cm³/mol. The van der Waals surface area contributed by atoms with Crippen molar-refractivity contribution in [2.45, 2.75) is 23.5 Å². The summed E-state index contributed by atoms with van der Waals surface area (Å²) in [5.41, 5.74) is 6.35. The number of sulfonamides is 1. The van der Waals surface area contributed by atoms with Gasteiger partial charge >= 0.3 is 0 Å². The minimum atomic E-state index is -3.57. The Bertz CT molecular complexity index is 584. The van der Waals surface area contributed by atoms with Gasteiger partial charge in [0.25, 0.3) is 0 Å². The first-order valence-electron chi connectivity index (χ1n) is 8.19. The van der Waals surface area contributed by atoms with Crippen LogP contribution >= 0.6 is 0 Å². The molecule has 2 aliphatic heterocycles. The lowest BCUT2D eigenvalue weighted by Gasteiger charge is -2.02. The zero-order valence-corrected chi connectivity index (χ0v) is 14.9. The van der Waals surface area contributed by atoms with Crippen molar-refractivity contribution in [1.82, 2.24) is 0 Å². The Hall–Kier alpha value is -1.07. The summed E-state index contributed by atoms with van der Waals surface area (Å²) < 4.78 is 42.2. The third kappa shape index (κ3) is 9.26. The number of ether oxygens (including phenoxy) is 4. The van der Waals surface area contributed by atoms with Gasteiger partial charge in [-0.3, -0.25) is 0 Å². The van der Waals surface area contributed by atoms with Gasteiger partial charge in [-0.05, 0) is 30.7 Å². The molecule has 0 aliphatic carbocycles. The van der Waals surface area contributed by atoms with E-state index >= 15 is 0 Å². The van der Waals surface area contributed by atoms with Gasteiger partial charge in [0.15, 0.2) is 0 Å². The van der Waals surface area contributed by atoms with Crippen LogP contribution in [0.3, 0.4) is 0 Å². The van der Waals surface area contributed by atoms with Crippen LogP contribution in [-0.2, 0) is 35.4 Å². The van der Waals surface area contributed by atoms with Gasteiger partial charge in [0.2, 0.25) is 10.0 Å². The molecule has 9 heteroatoms. The summed E-state index contributed by atoms with van der Waals surface area (Å²) in [6.07, 6.45) is 1.46. The van der Waals surface area contributed by atoms with E-state index in [0.29, 0.717) is 45.2 Å². The number of epoxide rings is 2. The van der Waals surface area contributed by atoms with Crippen LogP contribution in [0.15, 0.2) is 29.2 Å². The maximum atomic E-state index is 10.9. The van der Waals surface area contributed by atoms with Gasteiger partial charge in [-0.15, -0.1) is 0 Å². The molecule has 8 nitrogen and oxygen atoms in total. The Kier molecular flexibility index (Phi) is 8.24. The van der Waals surface area contributed by atoms with E-state index in [1.807, 2.05) is 0 Å². The zero-order valence-electron chi connectivity index (χ0n) is 14.1. The molecular formula is C16H26N2O6S. The summed E-state index contributed by atoms with van der Waals surface area (Å²) in [6, 6.07) is 6.40. The van der Waals surface area contributed by atoms with Crippen LogP contribution in [-0.4, -0.2) is 66.8 Å². The van der Waals surface area contributed by atoms with E-state index < -0.39 is 10.0 Å². The summed E-state index contributed by atoms with van der Waals surface area (Å²) >= 11 is 0. The number of hydrogen-bond donors (Lipinski definition) is 2. The largest absolute Gasteiger partial charge is 0.376 e. The standard InChI is InChI=1S/C8H12N2O2S.C8H14O4/c9-6-5-7-1-3-8(4-2-7)13(10,11)12;1(9-3-7-5-11-7)2-10-4-8-6-12-8/h1-4H,5-6,9H2,(H2,10,11,12);7-8H,1-6H2. The summed E-state index contributed by atoms with van der Waals surface area (Å²) in [5, 5.41) is 4.93. The molecule has 2 saturated heterocycles. The SMILES string of the molecule is C(COCC1CO1)OCC1CO1.NCCc1ccc(S(N)(=O)=O)cc1. The van der Waals surface area contributed by atoms with Gasteiger partial charge in [-0.25, -0.2) is 13.6 Å². The molecule has 2 fully saturated rings. The highest BCUT2D eigenvalue weighted by Gasteiger charge is 2.23. The first kappa shape index (κ1) is 20.2. The molecule has 0 aromatic heterocycles. The Balaban J connectivity index is 0.000000181. The summed E-state index contributed by atoms with van der Waals surface area (Å²) in [6.45, 7) is 5.01. The van der Waals surface area contributed by atoms with E-state index in [9.17, 15) is 8.42 Å². The van der Waals surface area contributed by atoms with Crippen LogP contribution in [0.5, 0.6) is 0 Å². The Labute approximate surface area is 148 Å². The summed E-state index contributed by atoms with van der Waals surface area (Å²) in [7, 11) is -3.57. The zero-order chi connectivity index (χ0) is 18.1. The Morgan fingerprint density at radius 3 is 1.84 bits per heavy atom. The average Bonchev–Trinajstić information content (AvgIpc) is 3.46. The second-order valence-corrected chi connectivity index (χ2v) is 7.35. The monoisotopic (exact) mass is 374 g/mol. The molecule has 0 saturated carbocycles. The van der Waals surface area contributed by atoms with E-state index in [-0.39, 0.29) is 4.90 Å². The van der Waals surface area contributed by atoms with Crippen molar-refractivity contribution < 1.29 is 27.4 Å². The smallest absolute Gasteiger partial charge is 0.238 e. The highest BCUT2D eigenvalue weighted by molar-refractivity contribution is 7.89. The predicted octanol–water partition coefficient (Wildman–Crippen LogP) is -0.348. The molecule has 2 unspecified atom stereocenters. The van der Waals surface area contributed by atoms with E-state index in [0.717, 1.165) is 25.2 Å². The van der Waals surface area contributed by atoms with Crippen molar-refractivity contribution in [3.8, 4) is 0 Å².